The molecule has 0 aliphatic rings. The van der Waals surface area contributed by atoms with E-state index in [2.05, 4.69) is 33.0 Å². The lowest BCUT2D eigenvalue weighted by molar-refractivity contribution is 0.736. The summed E-state index contributed by atoms with van der Waals surface area (Å²) >= 11 is 5.99. The van der Waals surface area contributed by atoms with Crippen molar-refractivity contribution < 1.29 is 0 Å². The Labute approximate surface area is 165 Å². The zero-order chi connectivity index (χ0) is 16.5. The maximum absolute atomic E-state index is 5.99. The Hall–Kier alpha value is -1.28. The normalized spacial score (nSPS) is 11.0. The van der Waals surface area contributed by atoms with E-state index in [0.29, 0.717) is 0 Å². The Morgan fingerprint density at radius 1 is 1.21 bits per heavy atom. The monoisotopic (exact) mass is 461 g/mol. The molecule has 0 atom stereocenters. The SMILES string of the molecule is CN=C(NCCCc1cnn(C)c1)NCCc1cccc(Cl)c1.I. The summed E-state index contributed by atoms with van der Waals surface area (Å²) in [6.45, 7) is 1.70. The molecular formula is C17H25ClIN5. The van der Waals surface area contributed by atoms with Crippen molar-refractivity contribution in [2.75, 3.05) is 20.1 Å². The number of aliphatic imine (C=N–C) groups is 1. The lowest BCUT2D eigenvalue weighted by Crippen LogP contribution is -2.38. The molecule has 0 saturated heterocycles. The molecule has 0 amide bonds. The number of aryl methyl sites for hydroxylation is 2. The molecule has 7 heteroatoms. The van der Waals surface area contributed by atoms with E-state index >= 15 is 0 Å². The van der Waals surface area contributed by atoms with Crippen molar-refractivity contribution >= 4 is 41.5 Å². The van der Waals surface area contributed by atoms with Gasteiger partial charge in [-0.1, -0.05) is 23.7 Å². The molecule has 0 aliphatic heterocycles. The topological polar surface area (TPSA) is 54.2 Å². The molecule has 0 spiro atoms. The van der Waals surface area contributed by atoms with E-state index in [1.165, 1.54) is 11.1 Å². The molecule has 0 fully saturated rings. The highest BCUT2D eigenvalue weighted by atomic mass is 127. The zero-order valence-electron chi connectivity index (χ0n) is 14.1. The van der Waals surface area contributed by atoms with E-state index < -0.39 is 0 Å². The van der Waals surface area contributed by atoms with Crippen LogP contribution in [0.5, 0.6) is 0 Å². The Kier molecular flexibility index (Phi) is 9.78. The smallest absolute Gasteiger partial charge is 0.190 e. The summed E-state index contributed by atoms with van der Waals surface area (Å²) in [7, 11) is 3.73. The van der Waals surface area contributed by atoms with Crippen LogP contribution in [0.2, 0.25) is 5.02 Å². The van der Waals surface area contributed by atoms with Crippen molar-refractivity contribution in [1.82, 2.24) is 20.4 Å². The van der Waals surface area contributed by atoms with Crippen LogP contribution in [-0.2, 0) is 19.9 Å². The maximum atomic E-state index is 5.99. The fraction of sp³-hybridized carbons (Fsp3) is 0.412. The number of hydrogen-bond acceptors (Lipinski definition) is 2. The zero-order valence-corrected chi connectivity index (χ0v) is 17.2. The van der Waals surface area contributed by atoms with Crippen molar-refractivity contribution in [2.45, 2.75) is 19.3 Å². The van der Waals surface area contributed by atoms with Crippen molar-refractivity contribution in [2.24, 2.45) is 12.0 Å². The first-order chi connectivity index (χ1) is 11.2. The van der Waals surface area contributed by atoms with Gasteiger partial charge in [0.25, 0.3) is 0 Å². The molecule has 1 aromatic carbocycles. The van der Waals surface area contributed by atoms with Gasteiger partial charge in [0.15, 0.2) is 5.96 Å². The van der Waals surface area contributed by atoms with Crippen LogP contribution in [0.1, 0.15) is 17.5 Å². The number of rotatable bonds is 7. The highest BCUT2D eigenvalue weighted by Crippen LogP contribution is 2.10. The second kappa shape index (κ2) is 11.3. The van der Waals surface area contributed by atoms with Crippen molar-refractivity contribution in [3.63, 3.8) is 0 Å². The minimum absolute atomic E-state index is 0. The maximum Gasteiger partial charge on any atom is 0.190 e. The van der Waals surface area contributed by atoms with Crippen LogP contribution in [0.4, 0.5) is 0 Å². The third-order valence-corrected chi connectivity index (χ3v) is 3.75. The summed E-state index contributed by atoms with van der Waals surface area (Å²) in [6.07, 6.45) is 6.94. The van der Waals surface area contributed by atoms with Crippen molar-refractivity contribution in [3.05, 3.63) is 52.8 Å². The van der Waals surface area contributed by atoms with Crippen molar-refractivity contribution in [1.29, 1.82) is 0 Å². The average molecular weight is 462 g/mol. The number of halogens is 2. The summed E-state index contributed by atoms with van der Waals surface area (Å²) in [4.78, 5) is 4.24. The predicted molar refractivity (Wildman–Crippen MR) is 111 cm³/mol. The van der Waals surface area contributed by atoms with E-state index in [1.807, 2.05) is 36.1 Å². The lowest BCUT2D eigenvalue weighted by atomic mass is 10.1. The predicted octanol–water partition coefficient (Wildman–Crippen LogP) is 3.03. The molecule has 0 aliphatic carbocycles. The van der Waals surface area contributed by atoms with Crippen LogP contribution in [0.3, 0.4) is 0 Å². The van der Waals surface area contributed by atoms with Gasteiger partial charge >= 0.3 is 0 Å². The van der Waals surface area contributed by atoms with E-state index in [9.17, 15) is 0 Å². The van der Waals surface area contributed by atoms with Gasteiger partial charge in [0.05, 0.1) is 6.20 Å². The molecule has 132 valence electrons. The number of aromatic nitrogens is 2. The van der Waals surface area contributed by atoms with Crippen LogP contribution in [0.15, 0.2) is 41.7 Å². The van der Waals surface area contributed by atoms with Crippen molar-refractivity contribution in [3.8, 4) is 0 Å². The van der Waals surface area contributed by atoms with E-state index in [0.717, 1.165) is 43.3 Å². The largest absolute Gasteiger partial charge is 0.356 e. The number of hydrogen-bond donors (Lipinski definition) is 2. The van der Waals surface area contributed by atoms with Crippen LogP contribution in [0.25, 0.3) is 0 Å². The average Bonchev–Trinajstić information content (AvgIpc) is 2.95. The number of nitrogens with one attached hydrogen (secondary N) is 2. The van der Waals surface area contributed by atoms with Gasteiger partial charge in [-0.05, 0) is 42.5 Å². The molecule has 24 heavy (non-hydrogen) atoms. The van der Waals surface area contributed by atoms with Crippen LogP contribution in [-0.4, -0.2) is 35.9 Å². The van der Waals surface area contributed by atoms with Gasteiger partial charge in [0.1, 0.15) is 0 Å². The van der Waals surface area contributed by atoms with Gasteiger partial charge in [-0.25, -0.2) is 0 Å². The highest BCUT2D eigenvalue weighted by molar-refractivity contribution is 14.0. The molecule has 1 aromatic heterocycles. The minimum atomic E-state index is 0. The molecule has 0 bridgehead atoms. The molecule has 0 saturated carbocycles. The second-order valence-electron chi connectivity index (χ2n) is 5.43. The van der Waals surface area contributed by atoms with E-state index in [1.54, 1.807) is 7.05 Å². The number of guanidine groups is 1. The fourth-order valence-corrected chi connectivity index (χ4v) is 2.55. The molecule has 1 heterocycles. The molecule has 0 radical (unpaired) electrons. The van der Waals surface area contributed by atoms with Gasteiger partial charge < -0.3 is 10.6 Å². The number of nitrogens with zero attached hydrogens (tertiary/aromatic N) is 3. The quantitative estimate of drug-likeness (QED) is 0.288. The van der Waals surface area contributed by atoms with Gasteiger partial charge in [-0.3, -0.25) is 9.67 Å². The molecule has 2 N–H and O–H groups in total. The highest BCUT2D eigenvalue weighted by Gasteiger charge is 2.00. The Balaban J connectivity index is 0.00000288. The molecule has 5 nitrogen and oxygen atoms in total. The fourth-order valence-electron chi connectivity index (χ4n) is 2.34. The first-order valence-corrected chi connectivity index (χ1v) is 8.21. The molecular weight excluding hydrogens is 437 g/mol. The third-order valence-electron chi connectivity index (χ3n) is 3.51. The number of benzene rings is 1. The third kappa shape index (κ3) is 7.53. The summed E-state index contributed by atoms with van der Waals surface area (Å²) < 4.78 is 1.83. The Morgan fingerprint density at radius 3 is 2.67 bits per heavy atom. The van der Waals surface area contributed by atoms with Gasteiger partial charge in [-0.2, -0.15) is 5.10 Å². The van der Waals surface area contributed by atoms with Gasteiger partial charge in [0, 0.05) is 38.4 Å². The van der Waals surface area contributed by atoms with Crippen LogP contribution < -0.4 is 10.6 Å². The standard InChI is InChI=1S/C17H24ClN5.HI/c1-19-17(20-9-4-6-15-12-22-23(2)13-15)21-10-8-14-5-3-7-16(18)11-14;/h3,5,7,11-13H,4,6,8-10H2,1-2H3,(H2,19,20,21);1H. The lowest BCUT2D eigenvalue weighted by Gasteiger charge is -2.11. The minimum Gasteiger partial charge on any atom is -0.356 e. The molecule has 0 unspecified atom stereocenters. The Bertz CT molecular complexity index is 641. The summed E-state index contributed by atoms with van der Waals surface area (Å²) in [5, 5.41) is 11.6. The van der Waals surface area contributed by atoms with Gasteiger partial charge in [0.2, 0.25) is 0 Å². The molecule has 2 aromatic rings. The first-order valence-electron chi connectivity index (χ1n) is 7.84. The summed E-state index contributed by atoms with van der Waals surface area (Å²) in [6, 6.07) is 7.94. The second-order valence-corrected chi connectivity index (χ2v) is 5.87. The first kappa shape index (κ1) is 20.8. The van der Waals surface area contributed by atoms with Gasteiger partial charge in [-0.15, -0.1) is 24.0 Å². The van der Waals surface area contributed by atoms with Crippen LogP contribution in [0, 0.1) is 0 Å². The van der Waals surface area contributed by atoms with E-state index in [-0.39, 0.29) is 24.0 Å². The van der Waals surface area contributed by atoms with Crippen LogP contribution >= 0.6 is 35.6 Å². The summed E-state index contributed by atoms with van der Waals surface area (Å²) in [5.74, 6) is 0.832. The summed E-state index contributed by atoms with van der Waals surface area (Å²) in [5.41, 5.74) is 2.48. The Morgan fingerprint density at radius 2 is 2.00 bits per heavy atom. The molecule has 2 rings (SSSR count). The van der Waals surface area contributed by atoms with E-state index in [4.69, 9.17) is 11.6 Å².